The predicted octanol–water partition coefficient (Wildman–Crippen LogP) is 2.26. The molecule has 1 aromatic heterocycles. The van der Waals surface area contributed by atoms with Gasteiger partial charge in [-0.15, -0.1) is 0 Å². The molecule has 0 aliphatic rings. The fourth-order valence-electron chi connectivity index (χ4n) is 1.74. The average molecular weight is 256 g/mol. The van der Waals surface area contributed by atoms with Crippen LogP contribution in [0.1, 0.15) is 22.8 Å². The summed E-state index contributed by atoms with van der Waals surface area (Å²) in [6.45, 7) is 1.34. The first kappa shape index (κ1) is 12.7. The minimum Gasteiger partial charge on any atom is -0.320 e. The van der Waals surface area contributed by atoms with E-state index in [1.54, 1.807) is 6.07 Å². The molecule has 0 aliphatic carbocycles. The maximum Gasteiger partial charge on any atom is 0.266 e. The molecule has 0 fully saturated rings. The van der Waals surface area contributed by atoms with E-state index in [0.717, 1.165) is 0 Å². The van der Waals surface area contributed by atoms with Crippen LogP contribution in [0.5, 0.6) is 0 Å². The lowest BCUT2D eigenvalue weighted by atomic mass is 10.0. The van der Waals surface area contributed by atoms with Crippen LogP contribution in [0.4, 0.5) is 4.39 Å². The van der Waals surface area contributed by atoms with Gasteiger partial charge in [0.2, 0.25) is 0 Å². The maximum absolute atomic E-state index is 12.9. The normalized spacial score (nSPS) is 9.95. The van der Waals surface area contributed by atoms with Crippen LogP contribution in [-0.2, 0) is 0 Å². The second kappa shape index (κ2) is 4.86. The average Bonchev–Trinajstić information content (AvgIpc) is 2.39. The van der Waals surface area contributed by atoms with Gasteiger partial charge in [-0.25, -0.2) is 4.39 Å². The Balaban J connectivity index is 2.72. The molecule has 5 heteroatoms. The van der Waals surface area contributed by atoms with E-state index in [2.05, 4.69) is 4.98 Å². The van der Waals surface area contributed by atoms with E-state index < -0.39 is 11.4 Å². The first-order valence-electron chi connectivity index (χ1n) is 5.47. The number of carbonyl (C=O) groups is 1. The van der Waals surface area contributed by atoms with Crippen molar-refractivity contribution in [3.63, 3.8) is 0 Å². The van der Waals surface area contributed by atoms with Gasteiger partial charge in [-0.1, -0.05) is 0 Å². The highest BCUT2D eigenvalue weighted by Gasteiger charge is 2.13. The predicted molar refractivity (Wildman–Crippen MR) is 67.2 cm³/mol. The summed E-state index contributed by atoms with van der Waals surface area (Å²) in [5.41, 5.74) is 0.315. The number of rotatable bonds is 2. The molecule has 2 aromatic rings. The number of nitrogens with zero attached hydrogens (tertiary/aromatic N) is 1. The van der Waals surface area contributed by atoms with Crippen molar-refractivity contribution in [1.29, 1.82) is 5.26 Å². The molecule has 0 amide bonds. The Kier molecular flexibility index (Phi) is 3.25. The maximum atomic E-state index is 12.9. The van der Waals surface area contributed by atoms with E-state index in [9.17, 15) is 14.0 Å². The number of hydrogen-bond donors (Lipinski definition) is 1. The van der Waals surface area contributed by atoms with E-state index in [4.69, 9.17) is 5.26 Å². The first-order chi connectivity index (χ1) is 9.02. The van der Waals surface area contributed by atoms with Crippen LogP contribution in [0.3, 0.4) is 0 Å². The molecular weight excluding hydrogens is 247 g/mol. The van der Waals surface area contributed by atoms with Crippen molar-refractivity contribution in [2.24, 2.45) is 0 Å². The third kappa shape index (κ3) is 2.43. The molecule has 0 atom stereocenters. The Hall–Kier alpha value is -2.74. The summed E-state index contributed by atoms with van der Waals surface area (Å²) in [6, 6.07) is 8.35. The number of halogens is 1. The zero-order valence-corrected chi connectivity index (χ0v) is 10.0. The molecule has 0 radical (unpaired) electrons. The van der Waals surface area contributed by atoms with Crippen LogP contribution in [0, 0.1) is 17.1 Å². The summed E-state index contributed by atoms with van der Waals surface area (Å²) < 4.78 is 12.9. The van der Waals surface area contributed by atoms with Gasteiger partial charge in [0.1, 0.15) is 17.4 Å². The van der Waals surface area contributed by atoms with Gasteiger partial charge in [-0.05, 0) is 42.8 Å². The molecule has 19 heavy (non-hydrogen) atoms. The fourth-order valence-corrected chi connectivity index (χ4v) is 1.74. The molecule has 0 bridgehead atoms. The molecule has 0 spiro atoms. The highest BCUT2D eigenvalue weighted by molar-refractivity contribution is 6.00. The van der Waals surface area contributed by atoms with Crippen molar-refractivity contribution < 1.29 is 9.18 Å². The number of hydrogen-bond acceptors (Lipinski definition) is 3. The largest absolute Gasteiger partial charge is 0.320 e. The van der Waals surface area contributed by atoms with Crippen molar-refractivity contribution in [3.05, 3.63) is 57.6 Å². The molecule has 0 saturated heterocycles. The molecule has 1 aromatic carbocycles. The number of carbonyl (C=O) groups excluding carboxylic acids is 1. The van der Waals surface area contributed by atoms with Crippen molar-refractivity contribution in [2.45, 2.75) is 6.92 Å². The number of nitriles is 1. The van der Waals surface area contributed by atoms with Crippen LogP contribution < -0.4 is 5.56 Å². The molecule has 94 valence electrons. The Bertz CT molecular complexity index is 740. The lowest BCUT2D eigenvalue weighted by molar-refractivity contribution is 0.101. The number of aromatic amines is 1. The number of Topliss-reactive ketones (excluding diaryl/α,β-unsaturated/α-hetero) is 1. The number of pyridine rings is 1. The lowest BCUT2D eigenvalue weighted by Crippen LogP contribution is -2.14. The van der Waals surface area contributed by atoms with E-state index in [0.29, 0.717) is 5.56 Å². The van der Waals surface area contributed by atoms with Crippen LogP contribution in [0.2, 0.25) is 0 Å². The summed E-state index contributed by atoms with van der Waals surface area (Å²) in [4.78, 5) is 25.7. The van der Waals surface area contributed by atoms with Gasteiger partial charge in [0, 0.05) is 5.56 Å². The zero-order chi connectivity index (χ0) is 14.0. The smallest absolute Gasteiger partial charge is 0.266 e. The molecule has 4 nitrogen and oxygen atoms in total. The molecule has 0 saturated carbocycles. The summed E-state index contributed by atoms with van der Waals surface area (Å²) in [5, 5.41) is 8.79. The SMILES string of the molecule is CC(=O)c1cc(C#N)c(=O)[nH]c1-c1ccc(F)cc1. The second-order valence-corrected chi connectivity index (χ2v) is 3.98. The molecular formula is C14H9FN2O2. The number of benzene rings is 1. The Labute approximate surface area is 108 Å². The summed E-state index contributed by atoms with van der Waals surface area (Å²) in [7, 11) is 0. The molecule has 1 N–H and O–H groups in total. The van der Waals surface area contributed by atoms with E-state index in [-0.39, 0.29) is 22.6 Å². The zero-order valence-electron chi connectivity index (χ0n) is 10.0. The van der Waals surface area contributed by atoms with Gasteiger partial charge >= 0.3 is 0 Å². The third-order valence-electron chi connectivity index (χ3n) is 2.67. The van der Waals surface area contributed by atoms with Gasteiger partial charge in [0.25, 0.3) is 5.56 Å². The molecule has 0 unspecified atom stereocenters. The molecule has 1 heterocycles. The summed E-state index contributed by atoms with van der Waals surface area (Å²) in [5.74, 6) is -0.698. The van der Waals surface area contributed by atoms with Gasteiger partial charge in [-0.2, -0.15) is 5.26 Å². The Morgan fingerprint density at radius 2 is 1.95 bits per heavy atom. The lowest BCUT2D eigenvalue weighted by Gasteiger charge is -2.07. The monoisotopic (exact) mass is 256 g/mol. The first-order valence-corrected chi connectivity index (χ1v) is 5.47. The van der Waals surface area contributed by atoms with Gasteiger partial charge in [0.05, 0.1) is 5.69 Å². The van der Waals surface area contributed by atoms with E-state index >= 15 is 0 Å². The molecule has 2 rings (SSSR count). The van der Waals surface area contributed by atoms with Crippen molar-refractivity contribution in [1.82, 2.24) is 4.98 Å². The standard InChI is InChI=1S/C14H9FN2O2/c1-8(18)12-6-10(7-16)14(19)17-13(12)9-2-4-11(15)5-3-9/h2-6H,1H3,(H,17,19). The topological polar surface area (TPSA) is 73.7 Å². The Morgan fingerprint density at radius 1 is 1.32 bits per heavy atom. The van der Waals surface area contributed by atoms with Crippen LogP contribution in [0.15, 0.2) is 35.1 Å². The van der Waals surface area contributed by atoms with Crippen LogP contribution in [0.25, 0.3) is 11.3 Å². The number of ketones is 1. The minimum absolute atomic E-state index is 0.129. The highest BCUT2D eigenvalue weighted by Crippen LogP contribution is 2.21. The highest BCUT2D eigenvalue weighted by atomic mass is 19.1. The van der Waals surface area contributed by atoms with Gasteiger partial charge in [0.15, 0.2) is 5.78 Å². The summed E-state index contributed by atoms with van der Waals surface area (Å²) in [6.07, 6.45) is 0. The van der Waals surface area contributed by atoms with Crippen molar-refractivity contribution in [3.8, 4) is 17.3 Å². The minimum atomic E-state index is -0.577. The third-order valence-corrected chi connectivity index (χ3v) is 2.67. The quantitative estimate of drug-likeness (QED) is 0.837. The van der Waals surface area contributed by atoms with Gasteiger partial charge in [-0.3, -0.25) is 9.59 Å². The van der Waals surface area contributed by atoms with Crippen LogP contribution >= 0.6 is 0 Å². The van der Waals surface area contributed by atoms with E-state index in [1.807, 2.05) is 0 Å². The molecule has 0 aliphatic heterocycles. The number of H-pyrrole nitrogens is 1. The number of aromatic nitrogens is 1. The van der Waals surface area contributed by atoms with Crippen LogP contribution in [-0.4, -0.2) is 10.8 Å². The van der Waals surface area contributed by atoms with Crippen molar-refractivity contribution >= 4 is 5.78 Å². The Morgan fingerprint density at radius 3 is 2.47 bits per heavy atom. The number of nitrogens with one attached hydrogen (secondary N) is 1. The van der Waals surface area contributed by atoms with Crippen molar-refractivity contribution in [2.75, 3.05) is 0 Å². The second-order valence-electron chi connectivity index (χ2n) is 3.98. The summed E-state index contributed by atoms with van der Waals surface area (Å²) >= 11 is 0. The van der Waals surface area contributed by atoms with E-state index in [1.165, 1.54) is 37.3 Å². The fraction of sp³-hybridized carbons (Fsp3) is 0.0714. The van der Waals surface area contributed by atoms with Gasteiger partial charge < -0.3 is 4.98 Å².